The highest BCUT2D eigenvalue weighted by molar-refractivity contribution is 5.97. The maximum Gasteiger partial charge on any atom is 0.318 e. The van der Waals surface area contributed by atoms with Crippen molar-refractivity contribution < 1.29 is 14.3 Å². The average molecular weight is 257 g/mol. The van der Waals surface area contributed by atoms with Gasteiger partial charge in [-0.2, -0.15) is 0 Å². The van der Waals surface area contributed by atoms with E-state index in [2.05, 4.69) is 37.7 Å². The summed E-state index contributed by atoms with van der Waals surface area (Å²) in [5.41, 5.74) is 0.0399. The van der Waals surface area contributed by atoms with Gasteiger partial charge in [0.05, 0.1) is 7.11 Å². The SMILES string of the molecule is CCC(C(=O)NCC(C)(C)CC(C)C)C(=O)OC. The standard InChI is InChI=1S/C14H27NO3/c1-7-11(13(17)18-6)12(16)15-9-14(4,5)8-10(2)3/h10-11H,7-9H2,1-6H3,(H,15,16). The highest BCUT2D eigenvalue weighted by Gasteiger charge is 2.27. The van der Waals surface area contributed by atoms with Crippen molar-refractivity contribution in [3.05, 3.63) is 0 Å². The van der Waals surface area contributed by atoms with Crippen LogP contribution in [-0.2, 0) is 14.3 Å². The zero-order chi connectivity index (χ0) is 14.3. The van der Waals surface area contributed by atoms with Gasteiger partial charge in [0, 0.05) is 6.54 Å². The predicted molar refractivity (Wildman–Crippen MR) is 72.0 cm³/mol. The van der Waals surface area contributed by atoms with E-state index in [1.54, 1.807) is 6.92 Å². The second-order valence-corrected chi connectivity index (χ2v) is 5.96. The van der Waals surface area contributed by atoms with Crippen LogP contribution in [-0.4, -0.2) is 25.5 Å². The smallest absolute Gasteiger partial charge is 0.318 e. The third kappa shape index (κ3) is 6.03. The number of methoxy groups -OCH3 is 1. The molecule has 106 valence electrons. The fraction of sp³-hybridized carbons (Fsp3) is 0.857. The Bertz CT molecular complexity index is 285. The minimum absolute atomic E-state index is 0.0399. The van der Waals surface area contributed by atoms with Crippen molar-refractivity contribution in [1.82, 2.24) is 5.32 Å². The lowest BCUT2D eigenvalue weighted by Gasteiger charge is -2.27. The minimum atomic E-state index is -0.690. The van der Waals surface area contributed by atoms with Crippen molar-refractivity contribution in [1.29, 1.82) is 0 Å². The quantitative estimate of drug-likeness (QED) is 0.563. The van der Waals surface area contributed by atoms with Crippen molar-refractivity contribution in [3.8, 4) is 0 Å². The Morgan fingerprint density at radius 2 is 1.83 bits per heavy atom. The first kappa shape index (κ1) is 16.9. The van der Waals surface area contributed by atoms with E-state index in [9.17, 15) is 9.59 Å². The van der Waals surface area contributed by atoms with Crippen molar-refractivity contribution in [2.45, 2.75) is 47.5 Å². The molecule has 0 aliphatic rings. The van der Waals surface area contributed by atoms with Gasteiger partial charge in [-0.15, -0.1) is 0 Å². The van der Waals surface area contributed by atoms with Crippen LogP contribution in [0, 0.1) is 17.3 Å². The minimum Gasteiger partial charge on any atom is -0.468 e. The summed E-state index contributed by atoms with van der Waals surface area (Å²) >= 11 is 0. The summed E-state index contributed by atoms with van der Waals surface area (Å²) in [5.74, 6) is -0.804. The molecule has 0 aromatic heterocycles. The maximum atomic E-state index is 11.9. The Labute approximate surface area is 110 Å². The molecule has 1 atom stereocenters. The summed E-state index contributed by atoms with van der Waals surface area (Å²) in [6.45, 7) is 10.9. The predicted octanol–water partition coefficient (Wildman–Crippen LogP) is 2.37. The molecule has 0 aromatic rings. The molecule has 0 aliphatic heterocycles. The third-order valence-electron chi connectivity index (χ3n) is 2.91. The number of hydrogen-bond donors (Lipinski definition) is 1. The van der Waals surface area contributed by atoms with E-state index < -0.39 is 11.9 Å². The molecule has 0 aromatic carbocycles. The van der Waals surface area contributed by atoms with Crippen LogP contribution < -0.4 is 5.32 Å². The third-order valence-corrected chi connectivity index (χ3v) is 2.91. The molecule has 0 radical (unpaired) electrons. The number of carbonyl (C=O) groups excluding carboxylic acids is 2. The first-order valence-corrected chi connectivity index (χ1v) is 6.59. The molecular weight excluding hydrogens is 230 g/mol. The lowest BCUT2D eigenvalue weighted by atomic mass is 9.84. The van der Waals surface area contributed by atoms with E-state index in [1.165, 1.54) is 7.11 Å². The largest absolute Gasteiger partial charge is 0.468 e. The summed E-state index contributed by atoms with van der Waals surface area (Å²) < 4.78 is 4.62. The molecule has 0 aliphatic carbocycles. The van der Waals surface area contributed by atoms with Crippen molar-refractivity contribution in [2.75, 3.05) is 13.7 Å². The zero-order valence-electron chi connectivity index (χ0n) is 12.5. The van der Waals surface area contributed by atoms with E-state index in [1.807, 2.05) is 0 Å². The van der Waals surface area contributed by atoms with Crippen LogP contribution in [0.25, 0.3) is 0 Å². The molecule has 1 N–H and O–H groups in total. The molecule has 1 amide bonds. The van der Waals surface area contributed by atoms with E-state index in [-0.39, 0.29) is 11.3 Å². The highest BCUT2D eigenvalue weighted by atomic mass is 16.5. The van der Waals surface area contributed by atoms with Gasteiger partial charge in [0.15, 0.2) is 0 Å². The number of amides is 1. The molecule has 0 saturated carbocycles. The Morgan fingerprint density at radius 1 is 1.28 bits per heavy atom. The molecule has 0 fully saturated rings. The molecule has 0 saturated heterocycles. The fourth-order valence-corrected chi connectivity index (χ4v) is 2.23. The Morgan fingerprint density at radius 3 is 2.22 bits per heavy atom. The highest BCUT2D eigenvalue weighted by Crippen LogP contribution is 2.24. The van der Waals surface area contributed by atoms with E-state index in [4.69, 9.17) is 0 Å². The van der Waals surface area contributed by atoms with Crippen LogP contribution >= 0.6 is 0 Å². The lowest BCUT2D eigenvalue weighted by Crippen LogP contribution is -2.40. The number of carbonyl (C=O) groups is 2. The Kier molecular flexibility index (Phi) is 6.96. The second kappa shape index (κ2) is 7.39. The summed E-state index contributed by atoms with van der Waals surface area (Å²) in [6, 6.07) is 0. The topological polar surface area (TPSA) is 55.4 Å². The number of rotatable bonds is 7. The van der Waals surface area contributed by atoms with Crippen LogP contribution in [0.15, 0.2) is 0 Å². The molecule has 4 heteroatoms. The Balaban J connectivity index is 4.35. The molecule has 0 spiro atoms. The van der Waals surface area contributed by atoms with Gasteiger partial charge < -0.3 is 10.1 Å². The van der Waals surface area contributed by atoms with Crippen LogP contribution in [0.2, 0.25) is 0 Å². The molecule has 4 nitrogen and oxygen atoms in total. The summed E-state index contributed by atoms with van der Waals surface area (Å²) in [6.07, 6.45) is 1.49. The van der Waals surface area contributed by atoms with E-state index in [0.29, 0.717) is 18.9 Å². The fourth-order valence-electron chi connectivity index (χ4n) is 2.23. The van der Waals surface area contributed by atoms with E-state index >= 15 is 0 Å². The van der Waals surface area contributed by atoms with Gasteiger partial charge in [0.1, 0.15) is 5.92 Å². The summed E-state index contributed by atoms with van der Waals surface area (Å²) in [5, 5.41) is 2.85. The average Bonchev–Trinajstić information content (AvgIpc) is 2.25. The first-order valence-electron chi connectivity index (χ1n) is 6.59. The van der Waals surface area contributed by atoms with Gasteiger partial charge in [-0.3, -0.25) is 9.59 Å². The van der Waals surface area contributed by atoms with Crippen LogP contribution in [0.3, 0.4) is 0 Å². The van der Waals surface area contributed by atoms with Gasteiger partial charge >= 0.3 is 5.97 Å². The molecule has 0 heterocycles. The molecule has 0 rings (SSSR count). The van der Waals surface area contributed by atoms with Crippen molar-refractivity contribution in [2.24, 2.45) is 17.3 Å². The van der Waals surface area contributed by atoms with Crippen molar-refractivity contribution >= 4 is 11.9 Å². The normalized spacial score (nSPS) is 13.3. The summed E-state index contributed by atoms with van der Waals surface area (Å²) in [4.78, 5) is 23.3. The lowest BCUT2D eigenvalue weighted by molar-refractivity contribution is -0.150. The van der Waals surface area contributed by atoms with Gasteiger partial charge in [0.2, 0.25) is 5.91 Å². The van der Waals surface area contributed by atoms with Crippen LogP contribution in [0.4, 0.5) is 0 Å². The molecular formula is C14H27NO3. The van der Waals surface area contributed by atoms with Crippen LogP contribution in [0.5, 0.6) is 0 Å². The van der Waals surface area contributed by atoms with Gasteiger partial charge in [-0.05, 0) is 24.2 Å². The molecule has 0 bridgehead atoms. The van der Waals surface area contributed by atoms with Gasteiger partial charge in [-0.1, -0.05) is 34.6 Å². The number of hydrogen-bond acceptors (Lipinski definition) is 3. The number of ether oxygens (including phenoxy) is 1. The van der Waals surface area contributed by atoms with Crippen LogP contribution in [0.1, 0.15) is 47.5 Å². The second-order valence-electron chi connectivity index (χ2n) is 5.96. The zero-order valence-corrected chi connectivity index (χ0v) is 12.5. The number of nitrogens with one attached hydrogen (secondary N) is 1. The Hall–Kier alpha value is -1.06. The van der Waals surface area contributed by atoms with Gasteiger partial charge in [-0.25, -0.2) is 0 Å². The first-order chi connectivity index (χ1) is 8.23. The monoisotopic (exact) mass is 257 g/mol. The molecule has 18 heavy (non-hydrogen) atoms. The number of esters is 1. The maximum absolute atomic E-state index is 11.9. The van der Waals surface area contributed by atoms with Crippen molar-refractivity contribution in [3.63, 3.8) is 0 Å². The van der Waals surface area contributed by atoms with E-state index in [0.717, 1.165) is 6.42 Å². The molecule has 1 unspecified atom stereocenters. The summed E-state index contributed by atoms with van der Waals surface area (Å²) in [7, 11) is 1.31. The van der Waals surface area contributed by atoms with Gasteiger partial charge in [0.25, 0.3) is 0 Å².